The number of carbonyl (C=O) groups is 1. The molecular weight excluding hydrogens is 330 g/mol. The van der Waals surface area contributed by atoms with Crippen molar-refractivity contribution in [3.8, 4) is 0 Å². The Hall–Kier alpha value is -2.87. The van der Waals surface area contributed by atoms with Crippen LogP contribution in [0.15, 0.2) is 47.6 Å². The molecule has 3 aromatic rings. The van der Waals surface area contributed by atoms with Gasteiger partial charge in [0.2, 0.25) is 0 Å². The van der Waals surface area contributed by atoms with E-state index in [-0.39, 0.29) is 16.1 Å². The summed E-state index contributed by atoms with van der Waals surface area (Å²) in [6.45, 7) is 1.65. The number of nitrogens with zero attached hydrogens (tertiary/aromatic N) is 2. The van der Waals surface area contributed by atoms with Crippen LogP contribution in [0, 0.1) is 6.92 Å². The summed E-state index contributed by atoms with van der Waals surface area (Å²) in [4.78, 5) is 15.5. The number of aromatic carboxylic acids is 1. The number of carboxylic acids is 1. The number of carboxylic acid groups (broad SMARTS) is 1. The first-order chi connectivity index (χ1) is 11.3. The summed E-state index contributed by atoms with van der Waals surface area (Å²) >= 11 is 0. The number of hydrogen-bond acceptors (Lipinski definition) is 4. The largest absolute Gasteiger partial charge is 0.478 e. The molecule has 0 saturated carbocycles. The third-order valence-corrected chi connectivity index (χ3v) is 5.09. The lowest BCUT2D eigenvalue weighted by Gasteiger charge is -2.13. The molecule has 1 heterocycles. The van der Waals surface area contributed by atoms with Gasteiger partial charge >= 0.3 is 5.97 Å². The Labute approximate surface area is 138 Å². The van der Waals surface area contributed by atoms with Crippen LogP contribution >= 0.6 is 0 Å². The van der Waals surface area contributed by atoms with Gasteiger partial charge in [0.05, 0.1) is 33.5 Å². The minimum absolute atomic E-state index is 0.0216. The fourth-order valence-corrected chi connectivity index (χ4v) is 3.63. The summed E-state index contributed by atoms with van der Waals surface area (Å²) in [5.74, 6) is -1.20. The van der Waals surface area contributed by atoms with Gasteiger partial charge in [-0.25, -0.2) is 18.2 Å². The number of aryl methyl sites for hydroxylation is 2. The molecule has 1 aromatic heterocycles. The first-order valence-corrected chi connectivity index (χ1v) is 8.55. The molecule has 0 aliphatic heterocycles. The quantitative estimate of drug-likeness (QED) is 0.756. The number of para-hydroxylation sites is 1. The third-order valence-electron chi connectivity index (χ3n) is 3.75. The van der Waals surface area contributed by atoms with Crippen molar-refractivity contribution < 1.29 is 18.3 Å². The van der Waals surface area contributed by atoms with Crippen molar-refractivity contribution in [1.29, 1.82) is 0 Å². The number of fused-ring (bicyclic) bond motifs is 1. The lowest BCUT2D eigenvalue weighted by atomic mass is 10.1. The van der Waals surface area contributed by atoms with E-state index < -0.39 is 16.0 Å². The standard InChI is InChI=1S/C16H15N3O4S/c1-10-4-3-5-12(16(20)21)15(10)18-24(22,23)11-6-7-14-13(8-11)17-9-19(14)2/h3-9,18H,1-2H3,(H,20,21). The van der Waals surface area contributed by atoms with Gasteiger partial charge in [-0.05, 0) is 36.8 Å². The number of benzene rings is 2. The molecule has 2 N–H and O–H groups in total. The maximum atomic E-state index is 12.6. The molecule has 0 aliphatic carbocycles. The molecule has 8 heteroatoms. The highest BCUT2D eigenvalue weighted by Crippen LogP contribution is 2.25. The maximum absolute atomic E-state index is 12.6. The second-order valence-corrected chi connectivity index (χ2v) is 7.10. The van der Waals surface area contributed by atoms with Crippen LogP contribution in [0.2, 0.25) is 0 Å². The summed E-state index contributed by atoms with van der Waals surface area (Å²) in [7, 11) is -2.12. The first-order valence-electron chi connectivity index (χ1n) is 7.06. The fraction of sp³-hybridized carbons (Fsp3) is 0.125. The number of anilines is 1. The van der Waals surface area contributed by atoms with E-state index >= 15 is 0 Å². The molecule has 0 bridgehead atoms. The second-order valence-electron chi connectivity index (χ2n) is 5.41. The minimum Gasteiger partial charge on any atom is -0.478 e. The summed E-state index contributed by atoms with van der Waals surface area (Å²) in [6, 6.07) is 9.15. The van der Waals surface area contributed by atoms with Gasteiger partial charge in [0.15, 0.2) is 0 Å². The molecule has 24 heavy (non-hydrogen) atoms. The van der Waals surface area contributed by atoms with Gasteiger partial charge in [-0.2, -0.15) is 0 Å². The second kappa shape index (κ2) is 5.64. The van der Waals surface area contributed by atoms with Crippen LogP contribution in [0.3, 0.4) is 0 Å². The number of sulfonamides is 1. The van der Waals surface area contributed by atoms with Crippen molar-refractivity contribution in [3.05, 3.63) is 53.9 Å². The van der Waals surface area contributed by atoms with Crippen molar-refractivity contribution in [3.63, 3.8) is 0 Å². The number of rotatable bonds is 4. The smallest absolute Gasteiger partial charge is 0.337 e. The Morgan fingerprint density at radius 2 is 2.00 bits per heavy atom. The maximum Gasteiger partial charge on any atom is 0.337 e. The zero-order valence-electron chi connectivity index (χ0n) is 13.0. The van der Waals surface area contributed by atoms with Gasteiger partial charge in [-0.1, -0.05) is 12.1 Å². The van der Waals surface area contributed by atoms with Gasteiger partial charge in [-0.15, -0.1) is 0 Å². The van der Waals surface area contributed by atoms with Crippen LogP contribution in [0.5, 0.6) is 0 Å². The monoisotopic (exact) mass is 345 g/mol. The van der Waals surface area contributed by atoms with Gasteiger partial charge in [0.1, 0.15) is 0 Å². The molecule has 2 aromatic carbocycles. The molecular formula is C16H15N3O4S. The number of hydrogen-bond donors (Lipinski definition) is 2. The van der Waals surface area contributed by atoms with E-state index in [1.54, 1.807) is 36.0 Å². The van der Waals surface area contributed by atoms with Gasteiger partial charge in [-0.3, -0.25) is 4.72 Å². The van der Waals surface area contributed by atoms with Gasteiger partial charge < -0.3 is 9.67 Å². The highest BCUT2D eigenvalue weighted by Gasteiger charge is 2.20. The first kappa shape index (κ1) is 16.0. The summed E-state index contributed by atoms with van der Waals surface area (Å²) in [5, 5.41) is 9.25. The Morgan fingerprint density at radius 3 is 2.71 bits per heavy atom. The van der Waals surface area contributed by atoms with Crippen LogP contribution in [-0.4, -0.2) is 29.0 Å². The summed E-state index contributed by atoms with van der Waals surface area (Å²) in [5.41, 5.74) is 1.83. The van der Waals surface area contributed by atoms with Crippen molar-refractivity contribution in [2.24, 2.45) is 7.05 Å². The van der Waals surface area contributed by atoms with Crippen molar-refractivity contribution in [2.75, 3.05) is 4.72 Å². The molecule has 0 spiro atoms. The van der Waals surface area contributed by atoms with E-state index in [1.807, 2.05) is 7.05 Å². The Balaban J connectivity index is 2.07. The molecule has 0 saturated heterocycles. The Morgan fingerprint density at radius 1 is 1.25 bits per heavy atom. The fourth-order valence-electron chi connectivity index (χ4n) is 2.46. The average Bonchev–Trinajstić information content (AvgIpc) is 2.90. The molecule has 3 rings (SSSR count). The molecule has 124 valence electrons. The number of aromatic nitrogens is 2. The van der Waals surface area contributed by atoms with Crippen molar-refractivity contribution in [2.45, 2.75) is 11.8 Å². The Kier molecular flexibility index (Phi) is 3.76. The van der Waals surface area contributed by atoms with E-state index in [2.05, 4.69) is 9.71 Å². The summed E-state index contributed by atoms with van der Waals surface area (Å²) < 4.78 is 29.4. The highest BCUT2D eigenvalue weighted by atomic mass is 32.2. The van der Waals surface area contributed by atoms with Crippen LogP contribution in [0.1, 0.15) is 15.9 Å². The molecule has 0 fully saturated rings. The summed E-state index contributed by atoms with van der Waals surface area (Å²) in [6.07, 6.45) is 1.60. The number of imidazole rings is 1. The van der Waals surface area contributed by atoms with Crippen LogP contribution in [0.4, 0.5) is 5.69 Å². The van der Waals surface area contributed by atoms with Crippen molar-refractivity contribution >= 4 is 32.7 Å². The zero-order chi connectivity index (χ0) is 17.5. The van der Waals surface area contributed by atoms with E-state index in [4.69, 9.17) is 0 Å². The van der Waals surface area contributed by atoms with Gasteiger partial charge in [0.25, 0.3) is 10.0 Å². The average molecular weight is 345 g/mol. The molecule has 7 nitrogen and oxygen atoms in total. The van der Waals surface area contributed by atoms with Crippen molar-refractivity contribution in [1.82, 2.24) is 9.55 Å². The number of nitrogens with one attached hydrogen (secondary N) is 1. The predicted octanol–water partition coefficient (Wildman–Crippen LogP) is 2.38. The van der Waals surface area contributed by atoms with E-state index in [0.29, 0.717) is 11.1 Å². The molecule has 0 aliphatic rings. The minimum atomic E-state index is -3.94. The molecule has 0 amide bonds. The van der Waals surface area contributed by atoms with Crippen LogP contribution < -0.4 is 4.72 Å². The highest BCUT2D eigenvalue weighted by molar-refractivity contribution is 7.92. The van der Waals surface area contributed by atoms with E-state index in [1.165, 1.54) is 18.2 Å². The molecule has 0 unspecified atom stereocenters. The Bertz CT molecular complexity index is 1050. The van der Waals surface area contributed by atoms with E-state index in [0.717, 1.165) is 5.52 Å². The lowest BCUT2D eigenvalue weighted by Crippen LogP contribution is -2.16. The van der Waals surface area contributed by atoms with E-state index in [9.17, 15) is 18.3 Å². The van der Waals surface area contributed by atoms with Gasteiger partial charge in [0, 0.05) is 7.05 Å². The third kappa shape index (κ3) is 2.71. The lowest BCUT2D eigenvalue weighted by molar-refractivity contribution is 0.0698. The zero-order valence-corrected chi connectivity index (χ0v) is 13.8. The SMILES string of the molecule is Cc1cccc(C(=O)O)c1NS(=O)(=O)c1ccc2c(c1)ncn2C. The van der Waals surface area contributed by atoms with Crippen LogP contribution in [-0.2, 0) is 17.1 Å². The van der Waals surface area contributed by atoms with Crippen LogP contribution in [0.25, 0.3) is 11.0 Å². The molecule has 0 radical (unpaired) electrons. The molecule has 0 atom stereocenters. The topological polar surface area (TPSA) is 101 Å². The normalized spacial score (nSPS) is 11.6. The predicted molar refractivity (Wildman–Crippen MR) is 89.7 cm³/mol.